The summed E-state index contributed by atoms with van der Waals surface area (Å²) in [5.41, 5.74) is 7.88. The summed E-state index contributed by atoms with van der Waals surface area (Å²) in [5.74, 6) is -0.0543. The number of allylic oxidation sites excluding steroid dienone is 3. The molecule has 31 heavy (non-hydrogen) atoms. The number of ether oxygens (including phenoxy) is 1. The van der Waals surface area contributed by atoms with E-state index in [9.17, 15) is 9.90 Å². The van der Waals surface area contributed by atoms with E-state index in [1.165, 1.54) is 0 Å². The highest BCUT2D eigenvalue weighted by atomic mass is 16.7. The van der Waals surface area contributed by atoms with E-state index >= 15 is 0 Å². The van der Waals surface area contributed by atoms with Gasteiger partial charge in [-0.1, -0.05) is 35.4 Å². The first kappa shape index (κ1) is 19.1. The Bertz CT molecular complexity index is 1180. The van der Waals surface area contributed by atoms with Crippen molar-refractivity contribution >= 4 is 11.7 Å². The first-order chi connectivity index (χ1) is 15.0. The smallest absolute Gasteiger partial charge is 0.377 e. The van der Waals surface area contributed by atoms with Crippen molar-refractivity contribution in [1.29, 1.82) is 0 Å². The molecule has 0 amide bonds. The Hall–Kier alpha value is -3.91. The molecule has 1 atom stereocenters. The van der Waals surface area contributed by atoms with Crippen LogP contribution in [-0.4, -0.2) is 18.2 Å². The van der Waals surface area contributed by atoms with E-state index in [2.05, 4.69) is 15.8 Å². The molecule has 2 aromatic rings. The topological polar surface area (TPSA) is 95.8 Å². The van der Waals surface area contributed by atoms with Crippen molar-refractivity contribution in [2.45, 2.75) is 19.3 Å². The third kappa shape index (κ3) is 3.27. The lowest BCUT2D eigenvalue weighted by Gasteiger charge is -2.26. The van der Waals surface area contributed by atoms with Crippen LogP contribution < -0.4 is 15.3 Å². The number of rotatable bonds is 3. The van der Waals surface area contributed by atoms with Gasteiger partial charge in [-0.3, -0.25) is 0 Å². The number of carbonyl (C=O) groups is 1. The lowest BCUT2D eigenvalue weighted by Crippen LogP contribution is -2.29. The average molecular weight is 416 g/mol. The summed E-state index contributed by atoms with van der Waals surface area (Å²) in [6.07, 6.45) is 2.27. The van der Waals surface area contributed by atoms with Gasteiger partial charge in [0.15, 0.2) is 5.70 Å². The molecule has 0 radical (unpaired) electrons. The molecule has 0 saturated carbocycles. The molecule has 156 valence electrons. The Kier molecular flexibility index (Phi) is 4.56. The summed E-state index contributed by atoms with van der Waals surface area (Å²) in [7, 11) is 1.60. The van der Waals surface area contributed by atoms with Crippen LogP contribution in [0.2, 0.25) is 0 Å². The number of azo groups is 1. The molecule has 2 aliphatic heterocycles. The Balaban J connectivity index is 1.61. The maximum absolute atomic E-state index is 12.7. The fourth-order valence-corrected chi connectivity index (χ4v) is 4.02. The first-order valence-corrected chi connectivity index (χ1v) is 9.83. The first-order valence-electron chi connectivity index (χ1n) is 9.83. The highest BCUT2D eigenvalue weighted by molar-refractivity contribution is 5.96. The molecule has 1 aliphatic carbocycles. The largest absolute Gasteiger partial charge is 0.497 e. The minimum atomic E-state index is -0.489. The van der Waals surface area contributed by atoms with E-state index in [-0.39, 0.29) is 11.8 Å². The fraction of sp³-hybridized carbons (Fsp3) is 0.174. The monoisotopic (exact) mass is 416 g/mol. The predicted molar refractivity (Wildman–Crippen MR) is 113 cm³/mol. The molecule has 0 spiro atoms. The zero-order valence-corrected chi connectivity index (χ0v) is 17.0. The van der Waals surface area contributed by atoms with Gasteiger partial charge >= 0.3 is 5.97 Å². The van der Waals surface area contributed by atoms with Crippen molar-refractivity contribution in [3.8, 4) is 5.75 Å². The third-order valence-corrected chi connectivity index (χ3v) is 5.61. The van der Waals surface area contributed by atoms with E-state index in [1.54, 1.807) is 30.3 Å². The van der Waals surface area contributed by atoms with Crippen LogP contribution in [0.25, 0.3) is 0 Å². The Morgan fingerprint density at radius 2 is 1.87 bits per heavy atom. The number of aliphatic hydroxyl groups is 1. The molecule has 2 aromatic carbocycles. The van der Waals surface area contributed by atoms with Gasteiger partial charge in [0.1, 0.15) is 5.75 Å². The predicted octanol–water partition coefficient (Wildman–Crippen LogP) is 4.35. The number of hydrazine groups is 1. The van der Waals surface area contributed by atoms with Crippen LogP contribution in [0.15, 0.2) is 93.3 Å². The minimum absolute atomic E-state index is 0.0833. The zero-order valence-electron chi connectivity index (χ0n) is 17.0. The number of aryl methyl sites for hydroxylation is 1. The molecule has 8 heteroatoms. The molecule has 0 bridgehead atoms. The lowest BCUT2D eigenvalue weighted by molar-refractivity contribution is -0.140. The Morgan fingerprint density at radius 3 is 2.58 bits per heavy atom. The fourth-order valence-electron chi connectivity index (χ4n) is 4.02. The number of benzene rings is 2. The quantitative estimate of drug-likeness (QED) is 0.723. The number of aliphatic hydroxyl groups excluding tert-OH is 1. The van der Waals surface area contributed by atoms with E-state index < -0.39 is 5.97 Å². The normalized spacial score (nSPS) is 22.5. The summed E-state index contributed by atoms with van der Waals surface area (Å²) in [5, 5.41) is 19.9. The molecular weight excluding hydrogens is 396 g/mol. The van der Waals surface area contributed by atoms with Crippen molar-refractivity contribution in [2.75, 3.05) is 12.1 Å². The van der Waals surface area contributed by atoms with Crippen molar-refractivity contribution in [3.05, 3.63) is 94.2 Å². The van der Waals surface area contributed by atoms with Gasteiger partial charge in [-0.2, -0.15) is 0 Å². The van der Waals surface area contributed by atoms with Gasteiger partial charge in [-0.15, -0.1) is 10.2 Å². The molecule has 2 heterocycles. The number of carbonyl (C=O) groups excluding carboxylic acids is 1. The van der Waals surface area contributed by atoms with E-state index in [1.807, 2.05) is 43.3 Å². The van der Waals surface area contributed by atoms with E-state index in [0.717, 1.165) is 22.4 Å². The third-order valence-electron chi connectivity index (χ3n) is 5.61. The molecule has 1 unspecified atom stereocenters. The van der Waals surface area contributed by atoms with Crippen LogP contribution in [0.1, 0.15) is 23.5 Å². The standard InChI is InChI=1S/C23H20N4O4/c1-13-3-5-14(6-4-13)18-11-15(12-19-20(18)22(28)25-24-19)21-23(29)31-26-27(21)16-7-9-17(30-2)10-8-16/h3-10,12,18,26,28H,11H2,1-2H3/b21-15-. The van der Waals surface area contributed by atoms with Crippen LogP contribution in [0.3, 0.4) is 0 Å². The number of nitrogens with one attached hydrogen (secondary N) is 1. The number of hydrogen-bond acceptors (Lipinski definition) is 8. The van der Waals surface area contributed by atoms with E-state index in [0.29, 0.717) is 29.1 Å². The van der Waals surface area contributed by atoms with Crippen molar-refractivity contribution < 1.29 is 19.5 Å². The van der Waals surface area contributed by atoms with Crippen molar-refractivity contribution in [3.63, 3.8) is 0 Å². The minimum Gasteiger partial charge on any atom is -0.497 e. The van der Waals surface area contributed by atoms with E-state index in [4.69, 9.17) is 9.57 Å². The van der Waals surface area contributed by atoms with Crippen LogP contribution in [0, 0.1) is 6.92 Å². The maximum Gasteiger partial charge on any atom is 0.377 e. The number of anilines is 1. The highest BCUT2D eigenvalue weighted by Gasteiger charge is 2.38. The van der Waals surface area contributed by atoms with Gasteiger partial charge in [-0.05, 0) is 54.8 Å². The number of methoxy groups -OCH3 is 1. The molecule has 8 nitrogen and oxygen atoms in total. The van der Waals surface area contributed by atoms with Crippen molar-refractivity contribution in [1.82, 2.24) is 5.59 Å². The molecule has 5 rings (SSSR count). The number of nitrogens with zero attached hydrogens (tertiary/aromatic N) is 3. The summed E-state index contributed by atoms with van der Waals surface area (Å²) >= 11 is 0. The average Bonchev–Trinajstić information content (AvgIpc) is 3.36. The van der Waals surface area contributed by atoms with Gasteiger partial charge in [0.2, 0.25) is 5.88 Å². The second-order valence-electron chi connectivity index (χ2n) is 7.52. The Labute approximate surface area is 178 Å². The summed E-state index contributed by atoms with van der Waals surface area (Å²) in [4.78, 5) is 17.8. The number of fused-ring (bicyclic) bond motifs is 1. The molecule has 1 fully saturated rings. The summed E-state index contributed by atoms with van der Waals surface area (Å²) < 4.78 is 5.21. The second-order valence-corrected chi connectivity index (χ2v) is 7.52. The summed E-state index contributed by atoms with van der Waals surface area (Å²) in [6, 6.07) is 15.4. The van der Waals surface area contributed by atoms with Crippen LogP contribution in [0.4, 0.5) is 5.69 Å². The van der Waals surface area contributed by atoms with Crippen LogP contribution >= 0.6 is 0 Å². The maximum atomic E-state index is 12.7. The van der Waals surface area contributed by atoms with Gasteiger partial charge in [0.05, 0.1) is 24.1 Å². The highest BCUT2D eigenvalue weighted by Crippen LogP contribution is 2.46. The number of hydrogen-bond donors (Lipinski definition) is 2. The van der Waals surface area contributed by atoms with Gasteiger partial charge in [0, 0.05) is 5.92 Å². The SMILES string of the molecule is COc1ccc(N2NOC(=O)/C2=C2/C=C3N=NC(O)=C3C(c3ccc(C)cc3)C2)cc1. The molecule has 1 saturated heterocycles. The van der Waals surface area contributed by atoms with Crippen LogP contribution in [-0.2, 0) is 9.63 Å². The zero-order chi connectivity index (χ0) is 21.5. The second kappa shape index (κ2) is 7.41. The van der Waals surface area contributed by atoms with Gasteiger partial charge in [0.25, 0.3) is 0 Å². The summed E-state index contributed by atoms with van der Waals surface area (Å²) in [6.45, 7) is 2.02. The van der Waals surface area contributed by atoms with Crippen LogP contribution in [0.5, 0.6) is 5.75 Å². The van der Waals surface area contributed by atoms with Gasteiger partial charge < -0.3 is 14.7 Å². The Morgan fingerprint density at radius 1 is 1.13 bits per heavy atom. The van der Waals surface area contributed by atoms with Crippen molar-refractivity contribution in [2.24, 2.45) is 10.2 Å². The molecular formula is C23H20N4O4. The molecule has 3 aliphatic rings. The molecule has 0 aromatic heterocycles. The lowest BCUT2D eigenvalue weighted by atomic mass is 9.79. The molecule has 2 N–H and O–H groups in total. The van der Waals surface area contributed by atoms with Gasteiger partial charge in [-0.25, -0.2) is 9.80 Å².